The van der Waals surface area contributed by atoms with Crippen molar-refractivity contribution in [3.63, 3.8) is 0 Å². The average Bonchev–Trinajstić information content (AvgIpc) is 2.98. The quantitative estimate of drug-likeness (QED) is 0.851. The van der Waals surface area contributed by atoms with Gasteiger partial charge in [-0.1, -0.05) is 11.8 Å². The minimum Gasteiger partial charge on any atom is -0.377 e. The second-order valence-electron chi connectivity index (χ2n) is 3.91. The van der Waals surface area contributed by atoms with Gasteiger partial charge in [-0.15, -0.1) is 11.3 Å². The molecule has 1 aromatic rings. The summed E-state index contributed by atoms with van der Waals surface area (Å²) in [6.07, 6.45) is 2.91. The summed E-state index contributed by atoms with van der Waals surface area (Å²) in [6.45, 7) is 1.37. The predicted molar refractivity (Wildman–Crippen MR) is 75.4 cm³/mol. The number of hydrogen-bond donors (Lipinski definition) is 1. The van der Waals surface area contributed by atoms with E-state index in [0.29, 0.717) is 12.6 Å². The van der Waals surface area contributed by atoms with E-state index in [-0.39, 0.29) is 0 Å². The van der Waals surface area contributed by atoms with Gasteiger partial charge < -0.3 is 10.5 Å². The second-order valence-corrected chi connectivity index (χ2v) is 5.94. The lowest BCUT2D eigenvalue weighted by Gasteiger charge is -2.07. The SMILES string of the molecule is NCC#Cc1ccsc1CSCC1CCCO1. The Kier molecular flexibility index (Phi) is 5.40. The van der Waals surface area contributed by atoms with Gasteiger partial charge >= 0.3 is 0 Å². The molecule has 1 fully saturated rings. The van der Waals surface area contributed by atoms with Crippen LogP contribution < -0.4 is 5.73 Å². The van der Waals surface area contributed by atoms with Gasteiger partial charge in [0.05, 0.1) is 12.6 Å². The molecular formula is C13H17NOS2. The van der Waals surface area contributed by atoms with E-state index in [4.69, 9.17) is 10.5 Å². The van der Waals surface area contributed by atoms with E-state index >= 15 is 0 Å². The van der Waals surface area contributed by atoms with Gasteiger partial charge in [0.2, 0.25) is 0 Å². The summed E-state index contributed by atoms with van der Waals surface area (Å²) in [5, 5.41) is 2.10. The van der Waals surface area contributed by atoms with Crippen LogP contribution in [0, 0.1) is 11.8 Å². The van der Waals surface area contributed by atoms with Crippen LogP contribution in [0.1, 0.15) is 23.3 Å². The summed E-state index contributed by atoms with van der Waals surface area (Å²) < 4.78 is 5.61. The summed E-state index contributed by atoms with van der Waals surface area (Å²) in [7, 11) is 0. The Bertz CT molecular complexity index is 399. The fourth-order valence-electron chi connectivity index (χ4n) is 1.77. The van der Waals surface area contributed by atoms with Crippen molar-refractivity contribution in [3.05, 3.63) is 21.9 Å². The third kappa shape index (κ3) is 4.04. The Hall–Kier alpha value is -0.470. The lowest BCUT2D eigenvalue weighted by Crippen LogP contribution is -2.07. The Morgan fingerprint density at radius 3 is 3.29 bits per heavy atom. The van der Waals surface area contributed by atoms with Gasteiger partial charge in [0.15, 0.2) is 0 Å². The molecule has 2 nitrogen and oxygen atoms in total. The summed E-state index contributed by atoms with van der Waals surface area (Å²) in [6, 6.07) is 2.08. The molecule has 0 radical (unpaired) electrons. The first kappa shape index (κ1) is 13.0. The topological polar surface area (TPSA) is 35.2 Å². The largest absolute Gasteiger partial charge is 0.377 e. The van der Waals surface area contributed by atoms with Crippen molar-refractivity contribution < 1.29 is 4.74 Å². The van der Waals surface area contributed by atoms with Crippen molar-refractivity contribution in [1.82, 2.24) is 0 Å². The second kappa shape index (κ2) is 7.07. The molecule has 1 aliphatic rings. The zero-order chi connectivity index (χ0) is 11.9. The van der Waals surface area contributed by atoms with Gasteiger partial charge in [-0.05, 0) is 24.3 Å². The van der Waals surface area contributed by atoms with Crippen LogP contribution >= 0.6 is 23.1 Å². The van der Waals surface area contributed by atoms with Gasteiger partial charge in [-0.2, -0.15) is 11.8 Å². The highest BCUT2D eigenvalue weighted by atomic mass is 32.2. The molecule has 1 atom stereocenters. The van der Waals surface area contributed by atoms with Crippen molar-refractivity contribution in [2.24, 2.45) is 5.73 Å². The van der Waals surface area contributed by atoms with Crippen LogP contribution in [0.25, 0.3) is 0 Å². The molecule has 1 aliphatic heterocycles. The molecule has 2 rings (SSSR count). The lowest BCUT2D eigenvalue weighted by atomic mass is 10.3. The van der Waals surface area contributed by atoms with E-state index < -0.39 is 0 Å². The van der Waals surface area contributed by atoms with E-state index in [0.717, 1.165) is 23.7 Å². The lowest BCUT2D eigenvalue weighted by molar-refractivity contribution is 0.129. The van der Waals surface area contributed by atoms with Gasteiger partial charge in [0, 0.05) is 28.6 Å². The fraction of sp³-hybridized carbons (Fsp3) is 0.538. The zero-order valence-corrected chi connectivity index (χ0v) is 11.4. The number of thiophene rings is 1. The van der Waals surface area contributed by atoms with E-state index in [2.05, 4.69) is 23.3 Å². The molecule has 1 saturated heterocycles. The summed E-state index contributed by atoms with van der Waals surface area (Å²) >= 11 is 3.72. The van der Waals surface area contributed by atoms with E-state index in [1.54, 1.807) is 11.3 Å². The maximum atomic E-state index is 5.61. The highest BCUT2D eigenvalue weighted by Gasteiger charge is 2.15. The predicted octanol–water partition coefficient (Wildman–Crippen LogP) is 2.47. The van der Waals surface area contributed by atoms with Crippen molar-refractivity contribution in [2.45, 2.75) is 24.7 Å². The molecule has 17 heavy (non-hydrogen) atoms. The zero-order valence-electron chi connectivity index (χ0n) is 9.78. The Labute approximate surface area is 111 Å². The van der Waals surface area contributed by atoms with Gasteiger partial charge in [0.1, 0.15) is 0 Å². The van der Waals surface area contributed by atoms with E-state index in [9.17, 15) is 0 Å². The first-order chi connectivity index (χ1) is 8.40. The van der Waals surface area contributed by atoms with Crippen LogP contribution in [0.4, 0.5) is 0 Å². The molecule has 4 heteroatoms. The monoisotopic (exact) mass is 267 g/mol. The van der Waals surface area contributed by atoms with Crippen molar-refractivity contribution in [2.75, 3.05) is 18.9 Å². The Morgan fingerprint density at radius 1 is 1.59 bits per heavy atom. The van der Waals surface area contributed by atoms with Crippen LogP contribution in [0.2, 0.25) is 0 Å². The maximum Gasteiger partial charge on any atom is 0.0666 e. The first-order valence-corrected chi connectivity index (χ1v) is 7.88. The van der Waals surface area contributed by atoms with Gasteiger partial charge in [-0.3, -0.25) is 0 Å². The molecule has 0 aliphatic carbocycles. The number of ether oxygens (including phenoxy) is 1. The molecule has 2 heterocycles. The highest BCUT2D eigenvalue weighted by molar-refractivity contribution is 7.98. The average molecular weight is 267 g/mol. The summed E-state index contributed by atoms with van der Waals surface area (Å²) in [4.78, 5) is 1.36. The summed E-state index contributed by atoms with van der Waals surface area (Å²) in [5.74, 6) is 8.17. The third-order valence-electron chi connectivity index (χ3n) is 2.63. The smallest absolute Gasteiger partial charge is 0.0666 e. The highest BCUT2D eigenvalue weighted by Crippen LogP contribution is 2.24. The van der Waals surface area contributed by atoms with Gasteiger partial charge in [-0.25, -0.2) is 0 Å². The molecule has 0 aromatic carbocycles. The molecule has 2 N–H and O–H groups in total. The number of nitrogens with two attached hydrogens (primary N) is 1. The molecule has 0 spiro atoms. The first-order valence-electron chi connectivity index (χ1n) is 5.85. The fourth-order valence-corrected chi connectivity index (χ4v) is 3.89. The molecule has 0 bridgehead atoms. The standard InChI is InChI=1S/C13H17NOS2/c14-6-1-3-11-5-8-17-13(11)10-16-9-12-4-2-7-15-12/h5,8,12H,2,4,6-7,9-10,14H2. The van der Waals surface area contributed by atoms with E-state index in [1.807, 2.05) is 11.8 Å². The molecule has 1 aromatic heterocycles. The molecular weight excluding hydrogens is 250 g/mol. The molecule has 0 amide bonds. The minimum absolute atomic E-state index is 0.429. The molecule has 1 unspecified atom stereocenters. The van der Waals surface area contributed by atoms with Crippen LogP contribution in [-0.4, -0.2) is 25.0 Å². The summed E-state index contributed by atoms with van der Waals surface area (Å²) in [5.41, 5.74) is 6.53. The van der Waals surface area contributed by atoms with E-state index in [1.165, 1.54) is 17.7 Å². The number of rotatable bonds is 4. The van der Waals surface area contributed by atoms with Crippen molar-refractivity contribution >= 4 is 23.1 Å². The maximum absolute atomic E-state index is 5.61. The molecule has 0 saturated carbocycles. The van der Waals surface area contributed by atoms with Crippen molar-refractivity contribution in [1.29, 1.82) is 0 Å². The number of thioether (sulfide) groups is 1. The van der Waals surface area contributed by atoms with Crippen LogP contribution in [0.5, 0.6) is 0 Å². The van der Waals surface area contributed by atoms with Crippen LogP contribution in [-0.2, 0) is 10.5 Å². The molecule has 92 valence electrons. The van der Waals surface area contributed by atoms with Crippen LogP contribution in [0.3, 0.4) is 0 Å². The Morgan fingerprint density at radius 2 is 2.53 bits per heavy atom. The number of hydrogen-bond acceptors (Lipinski definition) is 4. The van der Waals surface area contributed by atoms with Crippen LogP contribution in [0.15, 0.2) is 11.4 Å². The minimum atomic E-state index is 0.429. The normalized spacial score (nSPS) is 19.0. The van der Waals surface area contributed by atoms with Crippen molar-refractivity contribution in [3.8, 4) is 11.8 Å². The van der Waals surface area contributed by atoms with Gasteiger partial charge in [0.25, 0.3) is 0 Å². The third-order valence-corrected chi connectivity index (χ3v) is 4.84. The Balaban J connectivity index is 1.79.